The largest absolute Gasteiger partial charge is 0.487 e. The molecule has 2 nitrogen and oxygen atoms in total. The van der Waals surface area contributed by atoms with E-state index in [0.29, 0.717) is 0 Å². The SMILES string of the molecule is Cc1ccc(F)c(OCC(O)c2ccccc2)c1. The van der Waals surface area contributed by atoms with Crippen LogP contribution in [0.3, 0.4) is 0 Å². The zero-order chi connectivity index (χ0) is 13.0. The minimum Gasteiger partial charge on any atom is -0.487 e. The van der Waals surface area contributed by atoms with Crippen molar-refractivity contribution in [3.05, 3.63) is 65.5 Å². The minimum absolute atomic E-state index is 0.0321. The number of aliphatic hydroxyl groups is 1. The second-order valence-electron chi connectivity index (χ2n) is 4.17. The molecule has 0 fully saturated rings. The van der Waals surface area contributed by atoms with Gasteiger partial charge >= 0.3 is 0 Å². The molecule has 0 aliphatic carbocycles. The maximum atomic E-state index is 13.4. The van der Waals surface area contributed by atoms with Gasteiger partial charge in [0.25, 0.3) is 0 Å². The smallest absolute Gasteiger partial charge is 0.165 e. The number of halogens is 1. The topological polar surface area (TPSA) is 29.5 Å². The number of ether oxygens (including phenoxy) is 1. The molecule has 0 spiro atoms. The third kappa shape index (κ3) is 3.08. The number of aliphatic hydroxyl groups excluding tert-OH is 1. The normalized spacial score (nSPS) is 12.2. The van der Waals surface area contributed by atoms with Gasteiger partial charge < -0.3 is 9.84 Å². The lowest BCUT2D eigenvalue weighted by Crippen LogP contribution is -2.10. The lowest BCUT2D eigenvalue weighted by Gasteiger charge is -2.13. The Labute approximate surface area is 106 Å². The van der Waals surface area contributed by atoms with E-state index in [1.165, 1.54) is 6.07 Å². The van der Waals surface area contributed by atoms with Gasteiger partial charge in [0, 0.05) is 0 Å². The molecule has 1 atom stereocenters. The van der Waals surface area contributed by atoms with Crippen LogP contribution in [-0.2, 0) is 0 Å². The van der Waals surface area contributed by atoms with Crippen LogP contribution in [0, 0.1) is 12.7 Å². The monoisotopic (exact) mass is 246 g/mol. The molecule has 0 radical (unpaired) electrons. The van der Waals surface area contributed by atoms with Gasteiger partial charge in [-0.25, -0.2) is 4.39 Å². The van der Waals surface area contributed by atoms with Crippen LogP contribution in [0.25, 0.3) is 0 Å². The van der Waals surface area contributed by atoms with Crippen LogP contribution in [0.1, 0.15) is 17.2 Å². The van der Waals surface area contributed by atoms with Gasteiger partial charge in [0.2, 0.25) is 0 Å². The van der Waals surface area contributed by atoms with Gasteiger partial charge in [0.15, 0.2) is 11.6 Å². The van der Waals surface area contributed by atoms with Crippen molar-refractivity contribution in [2.24, 2.45) is 0 Å². The van der Waals surface area contributed by atoms with Gasteiger partial charge in [-0.05, 0) is 30.2 Å². The third-order valence-electron chi connectivity index (χ3n) is 2.67. The molecule has 0 aliphatic heterocycles. The summed E-state index contributed by atoms with van der Waals surface area (Å²) < 4.78 is 18.7. The number of rotatable bonds is 4. The molecule has 18 heavy (non-hydrogen) atoms. The summed E-state index contributed by atoms with van der Waals surface area (Å²) in [6.45, 7) is 1.89. The molecule has 0 saturated heterocycles. The Kier molecular flexibility index (Phi) is 3.95. The molecule has 2 aromatic rings. The van der Waals surface area contributed by atoms with Crippen LogP contribution in [0.5, 0.6) is 5.75 Å². The van der Waals surface area contributed by atoms with Crippen LogP contribution in [0.15, 0.2) is 48.5 Å². The Bertz CT molecular complexity index is 511. The fraction of sp³-hybridized carbons (Fsp3) is 0.200. The average molecular weight is 246 g/mol. The van der Waals surface area contributed by atoms with Crippen LogP contribution in [0.2, 0.25) is 0 Å². The summed E-state index contributed by atoms with van der Waals surface area (Å²) in [6, 6.07) is 13.8. The molecule has 0 aromatic heterocycles. The molecule has 0 amide bonds. The molecule has 2 rings (SSSR count). The summed E-state index contributed by atoms with van der Waals surface area (Å²) >= 11 is 0. The van der Waals surface area contributed by atoms with Crippen molar-refractivity contribution in [2.45, 2.75) is 13.0 Å². The highest BCUT2D eigenvalue weighted by Crippen LogP contribution is 2.20. The molecule has 3 heteroatoms. The molecule has 1 unspecified atom stereocenters. The second kappa shape index (κ2) is 5.65. The zero-order valence-electron chi connectivity index (χ0n) is 10.1. The Balaban J connectivity index is 2.01. The fourth-order valence-corrected chi connectivity index (χ4v) is 1.66. The van der Waals surface area contributed by atoms with E-state index < -0.39 is 11.9 Å². The molecule has 0 saturated carbocycles. The van der Waals surface area contributed by atoms with Gasteiger partial charge in [-0.15, -0.1) is 0 Å². The molecule has 0 aliphatic rings. The van der Waals surface area contributed by atoms with Crippen molar-refractivity contribution < 1.29 is 14.2 Å². The number of hydrogen-bond donors (Lipinski definition) is 1. The molecule has 2 aromatic carbocycles. The summed E-state index contributed by atoms with van der Waals surface area (Å²) in [6.07, 6.45) is -0.758. The predicted octanol–water partition coefficient (Wildman–Crippen LogP) is 3.25. The van der Waals surface area contributed by atoms with Crippen molar-refractivity contribution >= 4 is 0 Å². The first kappa shape index (κ1) is 12.6. The van der Waals surface area contributed by atoms with E-state index in [-0.39, 0.29) is 12.4 Å². The number of aryl methyl sites for hydroxylation is 1. The standard InChI is InChI=1S/C15H15FO2/c1-11-7-8-13(16)15(9-11)18-10-14(17)12-5-3-2-4-6-12/h2-9,14,17H,10H2,1H3. The van der Waals surface area contributed by atoms with E-state index >= 15 is 0 Å². The summed E-state index contributed by atoms with van der Waals surface area (Å²) in [5, 5.41) is 9.89. The van der Waals surface area contributed by atoms with Crippen molar-refractivity contribution in [3.63, 3.8) is 0 Å². The zero-order valence-corrected chi connectivity index (χ0v) is 10.1. The maximum Gasteiger partial charge on any atom is 0.165 e. The van der Waals surface area contributed by atoms with E-state index in [4.69, 9.17) is 4.74 Å². The average Bonchev–Trinajstić information content (AvgIpc) is 2.40. The van der Waals surface area contributed by atoms with E-state index in [9.17, 15) is 9.50 Å². The van der Waals surface area contributed by atoms with E-state index in [1.807, 2.05) is 25.1 Å². The van der Waals surface area contributed by atoms with Gasteiger partial charge in [-0.3, -0.25) is 0 Å². The predicted molar refractivity (Wildman–Crippen MR) is 68.0 cm³/mol. The number of benzene rings is 2. The van der Waals surface area contributed by atoms with E-state index in [1.54, 1.807) is 24.3 Å². The number of hydrogen-bond acceptors (Lipinski definition) is 2. The Morgan fingerprint density at radius 3 is 2.61 bits per heavy atom. The molecular formula is C15H15FO2. The van der Waals surface area contributed by atoms with Crippen LogP contribution in [-0.4, -0.2) is 11.7 Å². The van der Waals surface area contributed by atoms with Crippen molar-refractivity contribution in [2.75, 3.05) is 6.61 Å². The van der Waals surface area contributed by atoms with Crippen LogP contribution in [0.4, 0.5) is 4.39 Å². The lowest BCUT2D eigenvalue weighted by atomic mass is 10.1. The van der Waals surface area contributed by atoms with Crippen molar-refractivity contribution in [1.29, 1.82) is 0 Å². The first-order valence-corrected chi connectivity index (χ1v) is 5.79. The molecule has 94 valence electrons. The molecule has 0 heterocycles. The van der Waals surface area contributed by atoms with Crippen LogP contribution >= 0.6 is 0 Å². The quantitative estimate of drug-likeness (QED) is 0.897. The highest BCUT2D eigenvalue weighted by molar-refractivity contribution is 5.29. The summed E-state index contributed by atoms with van der Waals surface area (Å²) in [4.78, 5) is 0. The fourth-order valence-electron chi connectivity index (χ4n) is 1.66. The molecule has 0 bridgehead atoms. The van der Waals surface area contributed by atoms with Crippen molar-refractivity contribution in [3.8, 4) is 5.75 Å². The van der Waals surface area contributed by atoms with Gasteiger partial charge in [-0.1, -0.05) is 36.4 Å². The molecule has 1 N–H and O–H groups in total. The summed E-state index contributed by atoms with van der Waals surface area (Å²) in [7, 11) is 0. The summed E-state index contributed by atoms with van der Waals surface area (Å²) in [5.74, 6) is -0.245. The molecular weight excluding hydrogens is 231 g/mol. The minimum atomic E-state index is -0.758. The third-order valence-corrected chi connectivity index (χ3v) is 2.67. The second-order valence-corrected chi connectivity index (χ2v) is 4.17. The Hall–Kier alpha value is -1.87. The summed E-state index contributed by atoms with van der Waals surface area (Å²) in [5.41, 5.74) is 1.67. The van der Waals surface area contributed by atoms with Gasteiger partial charge in [0.1, 0.15) is 12.7 Å². The Morgan fingerprint density at radius 1 is 1.17 bits per heavy atom. The van der Waals surface area contributed by atoms with Crippen LogP contribution < -0.4 is 4.74 Å². The highest BCUT2D eigenvalue weighted by Gasteiger charge is 2.10. The van der Waals surface area contributed by atoms with E-state index in [0.717, 1.165) is 11.1 Å². The van der Waals surface area contributed by atoms with Gasteiger partial charge in [-0.2, -0.15) is 0 Å². The maximum absolute atomic E-state index is 13.4. The first-order chi connectivity index (χ1) is 8.66. The first-order valence-electron chi connectivity index (χ1n) is 5.79. The highest BCUT2D eigenvalue weighted by atomic mass is 19.1. The lowest BCUT2D eigenvalue weighted by molar-refractivity contribution is 0.106. The Morgan fingerprint density at radius 2 is 1.89 bits per heavy atom. The van der Waals surface area contributed by atoms with Gasteiger partial charge in [0.05, 0.1) is 0 Å². The van der Waals surface area contributed by atoms with E-state index in [2.05, 4.69) is 0 Å². The van der Waals surface area contributed by atoms with Crippen molar-refractivity contribution in [1.82, 2.24) is 0 Å².